The molecule has 1 aromatic heterocycles. The van der Waals surface area contributed by atoms with Crippen LogP contribution in [0.4, 0.5) is 22.7 Å². The number of ether oxygens (including phenoxy) is 6. The molecule has 0 unspecified atom stereocenters. The molecule has 0 fully saturated rings. The summed E-state index contributed by atoms with van der Waals surface area (Å²) in [6, 6.07) is 22.2. The standard InChI is InChI=1S/C55H53N7O12/c1-8-28-71-39-19-12-35(13-20-39)32-34(5)50(63)58-37-16-14-36(15-17-37)51(64)62-45(26-27-56)54(67)59-38-18-23-44(57-33-38)53(66)61-43-24-21-40(46(48(43)69-6)72-29-9-2)52(65)60-42-25-22-41(55(68)74-31-11-4)47(49(42)70-7)73-30-10-3/h8-25,32-33,45H,1-4,26,28-31H2,5-7H3,(H,58,63)(H,59,67)(H,60,65)(H,61,66)(H,62,64)/b34-32+/t45-/m0/s1. The highest BCUT2D eigenvalue weighted by Gasteiger charge is 2.27. The number of rotatable bonds is 26. The second-order valence-corrected chi connectivity index (χ2v) is 15.4. The summed E-state index contributed by atoms with van der Waals surface area (Å²) in [6.07, 6.45) is 8.50. The lowest BCUT2D eigenvalue weighted by Gasteiger charge is -2.20. The fraction of sp³-hybridized carbons (Fsp3) is 0.164. The van der Waals surface area contributed by atoms with Crippen molar-refractivity contribution in [2.24, 2.45) is 0 Å². The van der Waals surface area contributed by atoms with E-state index in [2.05, 4.69) is 57.9 Å². The van der Waals surface area contributed by atoms with Gasteiger partial charge in [-0.05, 0) is 91.4 Å². The summed E-state index contributed by atoms with van der Waals surface area (Å²) < 4.78 is 33.5. The van der Waals surface area contributed by atoms with Gasteiger partial charge in [-0.25, -0.2) is 9.78 Å². The topological polar surface area (TPSA) is 255 Å². The molecular formula is C55H53N7O12. The molecule has 0 saturated heterocycles. The van der Waals surface area contributed by atoms with Gasteiger partial charge < -0.3 is 55.0 Å². The van der Waals surface area contributed by atoms with Gasteiger partial charge in [0.15, 0.2) is 23.0 Å². The fourth-order valence-corrected chi connectivity index (χ4v) is 6.67. The van der Waals surface area contributed by atoms with Crippen LogP contribution in [0, 0.1) is 11.3 Å². The lowest BCUT2D eigenvalue weighted by atomic mass is 10.1. The Hall–Kier alpha value is -9.96. The number of anilines is 4. The van der Waals surface area contributed by atoms with Crippen LogP contribution in [0.1, 0.15) is 60.5 Å². The molecule has 5 rings (SSSR count). The van der Waals surface area contributed by atoms with Crippen LogP contribution >= 0.6 is 0 Å². The molecule has 0 aliphatic rings. The molecule has 5 N–H and O–H groups in total. The highest BCUT2D eigenvalue weighted by Crippen LogP contribution is 2.42. The van der Waals surface area contributed by atoms with Crippen LogP contribution in [-0.2, 0) is 14.3 Å². The number of pyridine rings is 1. The van der Waals surface area contributed by atoms with Gasteiger partial charge in [0.1, 0.15) is 49.5 Å². The summed E-state index contributed by atoms with van der Waals surface area (Å²) in [5.41, 5.74) is 2.08. The number of methoxy groups -OCH3 is 2. The number of nitriles is 1. The number of hydrogen-bond acceptors (Lipinski definition) is 14. The first-order valence-corrected chi connectivity index (χ1v) is 22.5. The number of nitrogens with zero attached hydrogens (tertiary/aromatic N) is 2. The SMILES string of the molecule is C=CCOC(=O)c1ccc(NC(=O)c2ccc(NC(=O)c3ccc(NC(=O)[C@H](CC#N)NC(=O)c4ccc(NC(=O)/C(C)=C/c5ccc(OCC=C)cc5)cc4)cn3)c(OC)c2OCC=C)c(OC)c1OCC=C. The maximum absolute atomic E-state index is 13.9. The zero-order valence-electron chi connectivity index (χ0n) is 40.8. The average Bonchev–Trinajstić information content (AvgIpc) is 3.40. The lowest BCUT2D eigenvalue weighted by molar-refractivity contribution is -0.118. The minimum Gasteiger partial charge on any atom is -0.491 e. The molecule has 5 amide bonds. The maximum atomic E-state index is 13.9. The van der Waals surface area contributed by atoms with Gasteiger partial charge >= 0.3 is 5.97 Å². The predicted octanol–water partition coefficient (Wildman–Crippen LogP) is 8.33. The van der Waals surface area contributed by atoms with E-state index in [9.17, 15) is 34.0 Å². The molecule has 19 nitrogen and oxygen atoms in total. The van der Waals surface area contributed by atoms with Crippen molar-refractivity contribution < 1.29 is 57.2 Å². The van der Waals surface area contributed by atoms with Crippen molar-refractivity contribution in [3.8, 4) is 34.8 Å². The van der Waals surface area contributed by atoms with Crippen molar-refractivity contribution in [1.82, 2.24) is 10.3 Å². The van der Waals surface area contributed by atoms with Gasteiger partial charge in [0.2, 0.25) is 5.91 Å². The van der Waals surface area contributed by atoms with Gasteiger partial charge in [-0.1, -0.05) is 62.8 Å². The van der Waals surface area contributed by atoms with Gasteiger partial charge in [0.05, 0.1) is 55.5 Å². The van der Waals surface area contributed by atoms with Gasteiger partial charge in [-0.3, -0.25) is 24.0 Å². The van der Waals surface area contributed by atoms with Crippen LogP contribution in [-0.4, -0.2) is 87.2 Å². The lowest BCUT2D eigenvalue weighted by Crippen LogP contribution is -2.43. The number of carbonyl (C=O) groups excluding carboxylic acids is 6. The monoisotopic (exact) mass is 1000 g/mol. The highest BCUT2D eigenvalue weighted by atomic mass is 16.5. The Labute approximate surface area is 427 Å². The first kappa shape index (κ1) is 55.0. The predicted molar refractivity (Wildman–Crippen MR) is 279 cm³/mol. The van der Waals surface area contributed by atoms with Crippen molar-refractivity contribution in [1.29, 1.82) is 5.26 Å². The van der Waals surface area contributed by atoms with E-state index in [0.717, 1.165) is 5.56 Å². The minimum absolute atomic E-state index is 0.00440. The van der Waals surface area contributed by atoms with Gasteiger partial charge in [-0.15, -0.1) is 0 Å². The molecule has 1 atom stereocenters. The van der Waals surface area contributed by atoms with E-state index in [4.69, 9.17) is 28.4 Å². The van der Waals surface area contributed by atoms with E-state index in [-0.39, 0.29) is 94.6 Å². The van der Waals surface area contributed by atoms with Crippen molar-refractivity contribution in [2.45, 2.75) is 19.4 Å². The van der Waals surface area contributed by atoms with E-state index in [1.165, 1.54) is 99.3 Å². The fourth-order valence-electron chi connectivity index (χ4n) is 6.67. The van der Waals surface area contributed by atoms with E-state index in [0.29, 0.717) is 23.6 Å². The Morgan fingerprint density at radius 3 is 1.76 bits per heavy atom. The summed E-state index contributed by atoms with van der Waals surface area (Å²) >= 11 is 0. The van der Waals surface area contributed by atoms with Crippen molar-refractivity contribution >= 4 is 64.3 Å². The molecule has 0 aliphatic heterocycles. The summed E-state index contributed by atoms with van der Waals surface area (Å²) in [7, 11) is 2.64. The molecule has 0 radical (unpaired) electrons. The van der Waals surface area contributed by atoms with Crippen LogP contribution in [0.25, 0.3) is 6.08 Å². The number of benzene rings is 4. The van der Waals surface area contributed by atoms with Crippen LogP contribution in [0.2, 0.25) is 0 Å². The Morgan fingerprint density at radius 2 is 1.19 bits per heavy atom. The average molecular weight is 1000 g/mol. The molecule has 4 aromatic carbocycles. The Morgan fingerprint density at radius 1 is 0.622 bits per heavy atom. The normalized spacial score (nSPS) is 10.9. The number of carbonyl (C=O) groups is 6. The molecule has 19 heteroatoms. The van der Waals surface area contributed by atoms with Gasteiger partial charge in [0.25, 0.3) is 23.6 Å². The van der Waals surface area contributed by atoms with Crippen molar-refractivity contribution in [3.05, 3.63) is 175 Å². The molecule has 0 saturated carbocycles. The number of aromatic nitrogens is 1. The molecule has 0 aliphatic carbocycles. The summed E-state index contributed by atoms with van der Waals surface area (Å²) in [5.74, 6) is -3.27. The van der Waals surface area contributed by atoms with Gasteiger partial charge in [0, 0.05) is 16.8 Å². The van der Waals surface area contributed by atoms with Crippen molar-refractivity contribution in [2.75, 3.05) is 61.9 Å². The molecule has 0 bridgehead atoms. The Bertz CT molecular complexity index is 2980. The maximum Gasteiger partial charge on any atom is 0.342 e. The van der Waals surface area contributed by atoms with Crippen LogP contribution < -0.4 is 50.3 Å². The number of amides is 5. The second-order valence-electron chi connectivity index (χ2n) is 15.4. The zero-order chi connectivity index (χ0) is 53.6. The number of hydrogen-bond donors (Lipinski definition) is 5. The first-order valence-electron chi connectivity index (χ1n) is 22.5. The van der Waals surface area contributed by atoms with Crippen molar-refractivity contribution in [3.63, 3.8) is 0 Å². The van der Waals surface area contributed by atoms with Crippen LogP contribution in [0.5, 0.6) is 28.7 Å². The summed E-state index contributed by atoms with van der Waals surface area (Å²) in [6.45, 7) is 16.4. The third-order valence-corrected chi connectivity index (χ3v) is 10.2. The molecule has 5 aromatic rings. The minimum atomic E-state index is -1.28. The van der Waals surface area contributed by atoms with E-state index < -0.39 is 35.6 Å². The first-order chi connectivity index (χ1) is 35.8. The summed E-state index contributed by atoms with van der Waals surface area (Å²) in [5, 5.41) is 22.9. The van der Waals surface area contributed by atoms with Crippen LogP contribution in [0.3, 0.4) is 0 Å². The third kappa shape index (κ3) is 14.8. The number of esters is 1. The third-order valence-electron chi connectivity index (χ3n) is 10.2. The molecule has 380 valence electrons. The largest absolute Gasteiger partial charge is 0.491 e. The Kier molecular flexibility index (Phi) is 20.4. The number of nitrogens with one attached hydrogen (secondary N) is 5. The molecule has 1 heterocycles. The second kappa shape index (κ2) is 27.4. The quantitative estimate of drug-likeness (QED) is 0.0198. The van der Waals surface area contributed by atoms with Gasteiger partial charge in [-0.2, -0.15) is 5.26 Å². The highest BCUT2D eigenvalue weighted by molar-refractivity contribution is 6.11. The Balaban J connectivity index is 1.23. The van der Waals surface area contributed by atoms with E-state index in [1.807, 2.05) is 18.2 Å². The van der Waals surface area contributed by atoms with E-state index >= 15 is 0 Å². The zero-order valence-corrected chi connectivity index (χ0v) is 40.8. The van der Waals surface area contributed by atoms with Crippen LogP contribution in [0.15, 0.2) is 147 Å². The smallest absolute Gasteiger partial charge is 0.342 e. The molecular weight excluding hydrogens is 951 g/mol. The molecule has 74 heavy (non-hydrogen) atoms. The summed E-state index contributed by atoms with van der Waals surface area (Å²) in [4.78, 5) is 83.9. The van der Waals surface area contributed by atoms with E-state index in [1.54, 1.807) is 31.2 Å². The molecule has 0 spiro atoms.